The maximum atomic E-state index is 11.8. The van der Waals surface area contributed by atoms with E-state index in [1.165, 1.54) is 7.11 Å². The van der Waals surface area contributed by atoms with Crippen LogP contribution in [-0.2, 0) is 19.1 Å². The zero-order chi connectivity index (χ0) is 15.1. The molecule has 20 heavy (non-hydrogen) atoms. The Balaban J connectivity index is 2.84. The van der Waals surface area contributed by atoms with Crippen LogP contribution >= 0.6 is 0 Å². The smallest absolute Gasteiger partial charge is 0.333 e. The van der Waals surface area contributed by atoms with E-state index >= 15 is 0 Å². The van der Waals surface area contributed by atoms with Crippen LogP contribution in [0.25, 0.3) is 0 Å². The molecule has 0 heterocycles. The Morgan fingerprint density at radius 2 is 1.85 bits per heavy atom. The molecule has 5 N–H and O–H groups in total. The van der Waals surface area contributed by atoms with Crippen molar-refractivity contribution in [2.75, 3.05) is 7.11 Å². The van der Waals surface area contributed by atoms with Gasteiger partial charge in [-0.1, -0.05) is 30.3 Å². The summed E-state index contributed by atoms with van der Waals surface area (Å²) in [6.45, 7) is 0. The molecule has 0 aliphatic heterocycles. The average molecular weight is 279 g/mol. The predicted octanol–water partition coefficient (Wildman–Crippen LogP) is -0.780. The second-order valence-corrected chi connectivity index (χ2v) is 4.15. The summed E-state index contributed by atoms with van der Waals surface area (Å²) < 4.78 is 4.64. The second-order valence-electron chi connectivity index (χ2n) is 4.15. The number of benzene rings is 1. The van der Waals surface area contributed by atoms with Crippen LogP contribution < -0.4 is 16.8 Å². The van der Waals surface area contributed by atoms with Crippen molar-refractivity contribution in [1.82, 2.24) is 5.32 Å². The van der Waals surface area contributed by atoms with Crippen molar-refractivity contribution in [3.05, 3.63) is 35.9 Å². The first kappa shape index (κ1) is 15.6. The number of amides is 2. The number of carbonyl (C=O) groups excluding carboxylic acids is 3. The van der Waals surface area contributed by atoms with Crippen molar-refractivity contribution in [1.29, 1.82) is 0 Å². The number of rotatable bonds is 6. The number of ether oxygens (including phenoxy) is 1. The number of carbonyl (C=O) groups is 3. The number of primary amides is 1. The molecule has 0 fully saturated rings. The number of esters is 1. The molecule has 1 aromatic rings. The van der Waals surface area contributed by atoms with Crippen molar-refractivity contribution in [3.63, 3.8) is 0 Å². The van der Waals surface area contributed by atoms with E-state index in [1.54, 1.807) is 30.3 Å². The first-order chi connectivity index (χ1) is 9.45. The van der Waals surface area contributed by atoms with E-state index in [1.807, 2.05) is 0 Å². The van der Waals surface area contributed by atoms with Gasteiger partial charge in [0.15, 0.2) is 6.04 Å². The summed E-state index contributed by atoms with van der Waals surface area (Å²) in [6, 6.07) is 6.47. The average Bonchev–Trinajstić information content (AvgIpc) is 2.43. The van der Waals surface area contributed by atoms with Gasteiger partial charge in [-0.2, -0.15) is 0 Å². The van der Waals surface area contributed by atoms with Crippen molar-refractivity contribution < 1.29 is 19.1 Å². The van der Waals surface area contributed by atoms with Gasteiger partial charge in [0, 0.05) is 0 Å². The van der Waals surface area contributed by atoms with E-state index in [-0.39, 0.29) is 6.42 Å². The molecule has 1 rings (SSSR count). The highest BCUT2D eigenvalue weighted by Gasteiger charge is 2.26. The van der Waals surface area contributed by atoms with Crippen LogP contribution in [0.15, 0.2) is 30.3 Å². The first-order valence-electron chi connectivity index (χ1n) is 5.92. The minimum Gasteiger partial charge on any atom is -0.467 e. The lowest BCUT2D eigenvalue weighted by Gasteiger charge is -2.19. The third-order valence-corrected chi connectivity index (χ3v) is 2.61. The van der Waals surface area contributed by atoms with Crippen LogP contribution in [-0.4, -0.2) is 30.9 Å². The van der Waals surface area contributed by atoms with Gasteiger partial charge in [0.25, 0.3) is 0 Å². The first-order valence-corrected chi connectivity index (χ1v) is 5.92. The maximum Gasteiger partial charge on any atom is 0.333 e. The second kappa shape index (κ2) is 7.25. The Hall–Kier alpha value is -2.41. The number of nitrogens with one attached hydrogen (secondary N) is 1. The molecule has 0 aliphatic rings. The summed E-state index contributed by atoms with van der Waals surface area (Å²) in [5.74, 6) is -1.97. The SMILES string of the molecule is COC(=O)C(NC(=O)C(N)CC(N)=O)c1ccccc1. The third-order valence-electron chi connectivity index (χ3n) is 2.61. The summed E-state index contributed by atoms with van der Waals surface area (Å²) in [5.41, 5.74) is 11.0. The zero-order valence-corrected chi connectivity index (χ0v) is 11.0. The minimum atomic E-state index is -1.11. The summed E-state index contributed by atoms with van der Waals surface area (Å²) >= 11 is 0. The molecule has 0 aliphatic carbocycles. The Bertz CT molecular complexity index is 490. The monoisotopic (exact) mass is 279 g/mol. The van der Waals surface area contributed by atoms with Gasteiger partial charge < -0.3 is 21.5 Å². The van der Waals surface area contributed by atoms with Gasteiger partial charge in [-0.05, 0) is 5.56 Å². The lowest BCUT2D eigenvalue weighted by molar-refractivity contribution is -0.145. The summed E-state index contributed by atoms with van der Waals surface area (Å²) in [6.07, 6.45) is -0.297. The molecule has 0 radical (unpaired) electrons. The summed E-state index contributed by atoms with van der Waals surface area (Å²) in [7, 11) is 1.22. The fourth-order valence-electron chi connectivity index (χ4n) is 1.60. The lowest BCUT2D eigenvalue weighted by atomic mass is 10.1. The van der Waals surface area contributed by atoms with E-state index in [0.29, 0.717) is 5.56 Å². The van der Waals surface area contributed by atoms with E-state index in [9.17, 15) is 14.4 Å². The van der Waals surface area contributed by atoms with Crippen molar-refractivity contribution >= 4 is 17.8 Å². The van der Waals surface area contributed by atoms with E-state index in [4.69, 9.17) is 11.5 Å². The van der Waals surface area contributed by atoms with Gasteiger partial charge >= 0.3 is 5.97 Å². The Labute approximate surface area is 116 Å². The quantitative estimate of drug-likeness (QED) is 0.589. The zero-order valence-electron chi connectivity index (χ0n) is 11.0. The number of hydrogen-bond donors (Lipinski definition) is 3. The highest BCUT2D eigenvalue weighted by molar-refractivity contribution is 5.91. The van der Waals surface area contributed by atoms with Crippen molar-refractivity contribution in [2.45, 2.75) is 18.5 Å². The molecule has 2 unspecified atom stereocenters. The van der Waals surface area contributed by atoms with Crippen molar-refractivity contribution in [3.8, 4) is 0 Å². The van der Waals surface area contributed by atoms with Gasteiger partial charge in [-0.25, -0.2) is 4.79 Å². The fraction of sp³-hybridized carbons (Fsp3) is 0.308. The minimum absolute atomic E-state index is 0.297. The molecule has 108 valence electrons. The Morgan fingerprint density at radius 1 is 1.25 bits per heavy atom. The van der Waals surface area contributed by atoms with Crippen LogP contribution in [0.4, 0.5) is 0 Å². The Kier molecular flexibility index (Phi) is 5.67. The summed E-state index contributed by atoms with van der Waals surface area (Å²) in [4.78, 5) is 34.3. The van der Waals surface area contributed by atoms with Crippen LogP contribution in [0, 0.1) is 0 Å². The number of methoxy groups -OCH3 is 1. The number of hydrogen-bond acceptors (Lipinski definition) is 5. The maximum absolute atomic E-state index is 11.8. The normalized spacial score (nSPS) is 13.1. The fourth-order valence-corrected chi connectivity index (χ4v) is 1.60. The molecule has 0 bridgehead atoms. The van der Waals surface area contributed by atoms with Gasteiger partial charge in [0.2, 0.25) is 11.8 Å². The molecule has 0 saturated carbocycles. The van der Waals surface area contributed by atoms with Crippen LogP contribution in [0.1, 0.15) is 18.0 Å². The highest BCUT2D eigenvalue weighted by Crippen LogP contribution is 2.14. The van der Waals surface area contributed by atoms with E-state index < -0.39 is 29.9 Å². The van der Waals surface area contributed by atoms with Crippen LogP contribution in [0.3, 0.4) is 0 Å². The summed E-state index contributed by atoms with van der Waals surface area (Å²) in [5, 5.41) is 2.44. The van der Waals surface area contributed by atoms with E-state index in [2.05, 4.69) is 10.1 Å². The van der Waals surface area contributed by atoms with E-state index in [0.717, 1.165) is 0 Å². The molecular formula is C13H17N3O4. The Morgan fingerprint density at radius 3 is 2.35 bits per heavy atom. The van der Waals surface area contributed by atoms with Crippen molar-refractivity contribution in [2.24, 2.45) is 11.5 Å². The molecule has 2 amide bonds. The highest BCUT2D eigenvalue weighted by atomic mass is 16.5. The molecule has 2 atom stereocenters. The van der Waals surface area contributed by atoms with Crippen LogP contribution in [0.2, 0.25) is 0 Å². The third kappa shape index (κ3) is 4.36. The van der Waals surface area contributed by atoms with Gasteiger partial charge in [-0.3, -0.25) is 9.59 Å². The largest absolute Gasteiger partial charge is 0.467 e. The van der Waals surface area contributed by atoms with Gasteiger partial charge in [0.05, 0.1) is 19.6 Å². The van der Waals surface area contributed by atoms with Gasteiger partial charge in [-0.15, -0.1) is 0 Å². The molecule has 0 spiro atoms. The molecule has 7 nitrogen and oxygen atoms in total. The topological polar surface area (TPSA) is 125 Å². The molecule has 1 aromatic carbocycles. The predicted molar refractivity (Wildman–Crippen MR) is 71.1 cm³/mol. The molecule has 0 saturated heterocycles. The molecule has 7 heteroatoms. The lowest BCUT2D eigenvalue weighted by Crippen LogP contribution is -2.46. The molecule has 0 aromatic heterocycles. The van der Waals surface area contributed by atoms with Gasteiger partial charge in [0.1, 0.15) is 0 Å². The van der Waals surface area contributed by atoms with Crippen LogP contribution in [0.5, 0.6) is 0 Å². The number of nitrogens with two attached hydrogens (primary N) is 2. The standard InChI is InChI=1S/C13H17N3O4/c1-20-13(19)11(8-5-3-2-4-6-8)16-12(18)9(14)7-10(15)17/h2-6,9,11H,7,14H2,1H3,(H2,15,17)(H,16,18). The molecular weight excluding hydrogens is 262 g/mol.